The first-order valence-electron chi connectivity index (χ1n) is 9.51. The predicted octanol–water partition coefficient (Wildman–Crippen LogP) is 2.54. The van der Waals surface area contributed by atoms with E-state index in [1.165, 1.54) is 0 Å². The van der Waals surface area contributed by atoms with Gasteiger partial charge in [-0.2, -0.15) is 0 Å². The normalized spacial score (nSPS) is 18.3. The Morgan fingerprint density at radius 3 is 2.52 bits per heavy atom. The number of hydrogen-bond donors (Lipinski definition) is 0. The van der Waals surface area contributed by atoms with Gasteiger partial charge in [-0.25, -0.2) is 4.98 Å². The van der Waals surface area contributed by atoms with Crippen LogP contribution in [0.3, 0.4) is 0 Å². The Labute approximate surface area is 160 Å². The van der Waals surface area contributed by atoms with Crippen LogP contribution in [0.25, 0.3) is 0 Å². The van der Waals surface area contributed by atoms with Crippen LogP contribution in [0.1, 0.15) is 29.9 Å². The second-order valence-corrected chi connectivity index (χ2v) is 7.75. The molecule has 1 aromatic heterocycles. The summed E-state index contributed by atoms with van der Waals surface area (Å²) in [5, 5.41) is 0. The van der Waals surface area contributed by atoms with Crippen LogP contribution in [0.5, 0.6) is 5.75 Å². The Morgan fingerprint density at radius 1 is 1.22 bits per heavy atom. The van der Waals surface area contributed by atoms with Crippen molar-refractivity contribution in [3.05, 3.63) is 47.5 Å². The maximum Gasteiger partial charge on any atom is 0.233 e. The summed E-state index contributed by atoms with van der Waals surface area (Å²) in [7, 11) is 3.35. The Hall–Kier alpha value is -2.34. The third-order valence-electron chi connectivity index (χ3n) is 5.90. The van der Waals surface area contributed by atoms with Crippen molar-refractivity contribution in [2.24, 2.45) is 5.92 Å². The van der Waals surface area contributed by atoms with E-state index in [0.717, 1.165) is 55.3 Å². The fourth-order valence-electron chi connectivity index (χ4n) is 4.08. The van der Waals surface area contributed by atoms with E-state index in [2.05, 4.69) is 16.5 Å². The van der Waals surface area contributed by atoms with Gasteiger partial charge in [0.05, 0.1) is 12.5 Å². The molecule has 1 saturated carbocycles. The number of aryl methyl sites for hydroxylation is 1. The average Bonchev–Trinajstić information content (AvgIpc) is 3.39. The number of amides is 1. The van der Waals surface area contributed by atoms with E-state index in [0.29, 0.717) is 12.5 Å². The van der Waals surface area contributed by atoms with Crippen molar-refractivity contribution in [3.8, 4) is 5.75 Å². The Morgan fingerprint density at radius 2 is 1.93 bits per heavy atom. The summed E-state index contributed by atoms with van der Waals surface area (Å²) in [6, 6.07) is 7.96. The summed E-state index contributed by atoms with van der Waals surface area (Å²) in [6.45, 7) is 5.12. The number of carbonyl (C=O) groups is 1. The fraction of sp³-hybridized carbons (Fsp3) is 0.524. The van der Waals surface area contributed by atoms with Crippen LogP contribution in [-0.4, -0.2) is 47.7 Å². The van der Waals surface area contributed by atoms with Gasteiger partial charge in [-0.05, 0) is 37.5 Å². The second-order valence-electron chi connectivity index (χ2n) is 7.75. The molecule has 144 valence electrons. The zero-order valence-electron chi connectivity index (χ0n) is 16.3. The highest BCUT2D eigenvalue weighted by atomic mass is 16.5. The van der Waals surface area contributed by atoms with Gasteiger partial charge >= 0.3 is 0 Å². The second kappa shape index (κ2) is 7.00. The van der Waals surface area contributed by atoms with Gasteiger partial charge in [0.25, 0.3) is 0 Å². The van der Waals surface area contributed by atoms with Crippen molar-refractivity contribution < 1.29 is 14.3 Å². The molecule has 27 heavy (non-hydrogen) atoms. The number of ether oxygens (including phenoxy) is 2. The van der Waals surface area contributed by atoms with Gasteiger partial charge in [0, 0.05) is 44.6 Å². The van der Waals surface area contributed by atoms with Gasteiger partial charge < -0.3 is 18.9 Å². The van der Waals surface area contributed by atoms with Crippen LogP contribution in [0, 0.1) is 12.8 Å². The van der Waals surface area contributed by atoms with Gasteiger partial charge in [0.15, 0.2) is 0 Å². The van der Waals surface area contributed by atoms with Crippen LogP contribution >= 0.6 is 0 Å². The minimum absolute atomic E-state index is 0.281. The molecule has 2 aromatic rings. The van der Waals surface area contributed by atoms with Crippen LogP contribution < -0.4 is 4.74 Å². The van der Waals surface area contributed by atoms with Gasteiger partial charge in [-0.3, -0.25) is 4.79 Å². The molecule has 1 amide bonds. The smallest absolute Gasteiger partial charge is 0.233 e. The van der Waals surface area contributed by atoms with Crippen molar-refractivity contribution in [3.63, 3.8) is 0 Å². The number of benzene rings is 1. The SMILES string of the molecule is COCc1ncc(C)n1CC1CN(C(=O)C2(c3ccc(OC)cc3)CC2)C1. The molecule has 0 N–H and O–H groups in total. The quantitative estimate of drug-likeness (QED) is 0.753. The highest BCUT2D eigenvalue weighted by Gasteiger charge is 2.54. The summed E-state index contributed by atoms with van der Waals surface area (Å²) >= 11 is 0. The summed E-state index contributed by atoms with van der Waals surface area (Å²) < 4.78 is 12.7. The zero-order valence-corrected chi connectivity index (χ0v) is 16.3. The lowest BCUT2D eigenvalue weighted by Crippen LogP contribution is -2.54. The number of nitrogens with zero attached hydrogens (tertiary/aromatic N) is 3. The molecule has 0 radical (unpaired) electrons. The monoisotopic (exact) mass is 369 g/mol. The summed E-state index contributed by atoms with van der Waals surface area (Å²) in [6.07, 6.45) is 3.77. The molecular weight excluding hydrogens is 342 g/mol. The predicted molar refractivity (Wildman–Crippen MR) is 102 cm³/mol. The van der Waals surface area contributed by atoms with Crippen LogP contribution in [0.15, 0.2) is 30.5 Å². The third kappa shape index (κ3) is 3.23. The maximum absolute atomic E-state index is 13.1. The molecule has 1 aliphatic heterocycles. The molecule has 0 bridgehead atoms. The zero-order chi connectivity index (χ0) is 19.0. The number of carbonyl (C=O) groups excluding carboxylic acids is 1. The first-order chi connectivity index (χ1) is 13.1. The highest BCUT2D eigenvalue weighted by molar-refractivity contribution is 5.91. The van der Waals surface area contributed by atoms with E-state index >= 15 is 0 Å². The lowest BCUT2D eigenvalue weighted by Gasteiger charge is -2.42. The van der Waals surface area contributed by atoms with Gasteiger partial charge in [0.1, 0.15) is 18.2 Å². The van der Waals surface area contributed by atoms with Crippen molar-refractivity contribution >= 4 is 5.91 Å². The minimum Gasteiger partial charge on any atom is -0.497 e. The van der Waals surface area contributed by atoms with E-state index < -0.39 is 0 Å². The molecular formula is C21H27N3O3. The highest BCUT2D eigenvalue weighted by Crippen LogP contribution is 2.50. The number of aromatic nitrogens is 2. The maximum atomic E-state index is 13.1. The first-order valence-corrected chi connectivity index (χ1v) is 9.51. The molecule has 0 spiro atoms. The molecule has 2 aliphatic rings. The van der Waals surface area contributed by atoms with Gasteiger partial charge in [0.2, 0.25) is 5.91 Å². The summed E-state index contributed by atoms with van der Waals surface area (Å²) in [5.41, 5.74) is 1.96. The van der Waals surface area contributed by atoms with Gasteiger partial charge in [-0.15, -0.1) is 0 Å². The average molecular weight is 369 g/mol. The Bertz CT molecular complexity index is 818. The molecule has 2 fully saturated rings. The van der Waals surface area contributed by atoms with Crippen LogP contribution in [0.4, 0.5) is 0 Å². The number of hydrogen-bond acceptors (Lipinski definition) is 4. The first kappa shape index (κ1) is 18.0. The third-order valence-corrected chi connectivity index (χ3v) is 5.90. The number of rotatable bonds is 7. The standard InChI is InChI=1S/C21H27N3O3/c1-15-10-22-19(14-26-2)24(15)13-16-11-23(12-16)20(25)21(8-9-21)17-4-6-18(27-3)7-5-17/h4-7,10,16H,8-9,11-14H2,1-3H3. The number of likely N-dealkylation sites (tertiary alicyclic amines) is 1. The van der Waals surface area contributed by atoms with Crippen molar-refractivity contribution in [2.45, 2.75) is 38.3 Å². The molecule has 2 heterocycles. The molecule has 1 aromatic carbocycles. The van der Waals surface area contributed by atoms with E-state index in [1.807, 2.05) is 35.4 Å². The number of methoxy groups -OCH3 is 2. The minimum atomic E-state index is -0.302. The molecule has 6 heteroatoms. The lowest BCUT2D eigenvalue weighted by molar-refractivity contribution is -0.140. The van der Waals surface area contributed by atoms with Crippen molar-refractivity contribution in [2.75, 3.05) is 27.3 Å². The molecule has 0 unspecified atom stereocenters. The Kier molecular flexibility index (Phi) is 4.68. The molecule has 1 aliphatic carbocycles. The van der Waals surface area contributed by atoms with E-state index in [9.17, 15) is 4.79 Å². The van der Waals surface area contributed by atoms with E-state index in [4.69, 9.17) is 9.47 Å². The van der Waals surface area contributed by atoms with Crippen LogP contribution in [0.2, 0.25) is 0 Å². The number of imidazole rings is 1. The van der Waals surface area contributed by atoms with Crippen LogP contribution in [-0.2, 0) is 28.1 Å². The van der Waals surface area contributed by atoms with Gasteiger partial charge in [-0.1, -0.05) is 12.1 Å². The van der Waals surface area contributed by atoms with E-state index in [1.54, 1.807) is 14.2 Å². The molecule has 1 saturated heterocycles. The summed E-state index contributed by atoms with van der Waals surface area (Å²) in [4.78, 5) is 19.5. The molecule has 4 rings (SSSR count). The molecule has 6 nitrogen and oxygen atoms in total. The lowest BCUT2D eigenvalue weighted by atomic mass is 9.90. The van der Waals surface area contributed by atoms with Crippen molar-refractivity contribution in [1.29, 1.82) is 0 Å². The molecule has 0 atom stereocenters. The van der Waals surface area contributed by atoms with Crippen molar-refractivity contribution in [1.82, 2.24) is 14.5 Å². The van der Waals surface area contributed by atoms with E-state index in [-0.39, 0.29) is 11.3 Å². The topological polar surface area (TPSA) is 56.6 Å². The summed E-state index contributed by atoms with van der Waals surface area (Å²) in [5.74, 6) is 2.54. The Balaban J connectivity index is 1.38. The largest absolute Gasteiger partial charge is 0.497 e. The fourth-order valence-corrected chi connectivity index (χ4v) is 4.08.